The van der Waals surface area contributed by atoms with Crippen molar-refractivity contribution in [1.82, 2.24) is 0 Å². The number of hydrogen-bond donors (Lipinski definition) is 2. The van der Waals surface area contributed by atoms with Crippen LogP contribution in [0.15, 0.2) is 33.5 Å². The summed E-state index contributed by atoms with van der Waals surface area (Å²) in [6.45, 7) is 5.92. The maximum Gasteiger partial charge on any atom is 0.204 e. The van der Waals surface area contributed by atoms with Gasteiger partial charge in [0.05, 0.1) is 5.39 Å². The lowest BCUT2D eigenvalue weighted by molar-refractivity contribution is 0.185. The highest BCUT2D eigenvalue weighted by Gasteiger charge is 2.42. The van der Waals surface area contributed by atoms with Gasteiger partial charge in [0.15, 0.2) is 11.3 Å². The molecule has 0 radical (unpaired) electrons. The summed E-state index contributed by atoms with van der Waals surface area (Å²) in [6, 6.07) is 6.07. The molecule has 0 bridgehead atoms. The monoisotopic (exact) mass is 312 g/mol. The highest BCUT2D eigenvalue weighted by molar-refractivity contribution is 5.98. The first-order chi connectivity index (χ1) is 10.8. The summed E-state index contributed by atoms with van der Waals surface area (Å²) in [5.41, 5.74) is 0.365. The van der Waals surface area contributed by atoms with Crippen molar-refractivity contribution in [2.24, 2.45) is 0 Å². The Hall–Kier alpha value is -2.69. The molecule has 1 aliphatic heterocycles. The number of para-hydroxylation sites is 1. The van der Waals surface area contributed by atoms with Crippen LogP contribution in [0.3, 0.4) is 0 Å². The SMILES string of the molecule is C[C@@H]1Oc2cc(O)c3c(=O)c4cccc(O)c4oc3c2C1(C)C. The zero-order chi connectivity index (χ0) is 16.5. The second kappa shape index (κ2) is 4.19. The van der Waals surface area contributed by atoms with Crippen molar-refractivity contribution in [3.05, 3.63) is 40.1 Å². The van der Waals surface area contributed by atoms with Crippen molar-refractivity contribution in [2.75, 3.05) is 0 Å². The van der Waals surface area contributed by atoms with E-state index in [1.807, 2.05) is 20.8 Å². The first-order valence-corrected chi connectivity index (χ1v) is 7.44. The van der Waals surface area contributed by atoms with E-state index in [9.17, 15) is 15.0 Å². The molecule has 0 aliphatic carbocycles. The van der Waals surface area contributed by atoms with E-state index in [1.54, 1.807) is 12.1 Å². The van der Waals surface area contributed by atoms with Gasteiger partial charge >= 0.3 is 0 Å². The van der Waals surface area contributed by atoms with Gasteiger partial charge in [0.25, 0.3) is 0 Å². The van der Waals surface area contributed by atoms with Gasteiger partial charge in [-0.25, -0.2) is 0 Å². The zero-order valence-corrected chi connectivity index (χ0v) is 13.0. The maximum absolute atomic E-state index is 12.8. The van der Waals surface area contributed by atoms with Crippen molar-refractivity contribution in [1.29, 1.82) is 0 Å². The summed E-state index contributed by atoms with van der Waals surface area (Å²) < 4.78 is 11.7. The van der Waals surface area contributed by atoms with Gasteiger partial charge in [-0.15, -0.1) is 0 Å². The quantitative estimate of drug-likeness (QED) is 0.622. The third kappa shape index (κ3) is 1.64. The van der Waals surface area contributed by atoms with Crippen LogP contribution in [0.2, 0.25) is 0 Å². The van der Waals surface area contributed by atoms with E-state index in [1.165, 1.54) is 12.1 Å². The Morgan fingerprint density at radius 3 is 2.61 bits per heavy atom. The number of ether oxygens (including phenoxy) is 1. The van der Waals surface area contributed by atoms with E-state index >= 15 is 0 Å². The summed E-state index contributed by atoms with van der Waals surface area (Å²) in [7, 11) is 0. The summed E-state index contributed by atoms with van der Waals surface area (Å²) >= 11 is 0. The Bertz CT molecular complexity index is 1030. The van der Waals surface area contributed by atoms with Gasteiger partial charge in [-0.05, 0) is 19.1 Å². The fourth-order valence-electron chi connectivity index (χ4n) is 3.23. The normalized spacial score (nSPS) is 19.0. The second-order valence-electron chi connectivity index (χ2n) is 6.54. The highest BCUT2D eigenvalue weighted by Crippen LogP contribution is 2.49. The molecule has 3 aromatic rings. The molecule has 1 atom stereocenters. The van der Waals surface area contributed by atoms with Crippen LogP contribution in [0.5, 0.6) is 17.2 Å². The molecule has 0 saturated carbocycles. The molecule has 0 saturated heterocycles. The molecule has 5 nitrogen and oxygen atoms in total. The Balaban J connectivity index is 2.29. The standard InChI is InChI=1S/C18H16O5/c1-8-18(2,3)14-12(22-8)7-11(20)13-15(21)9-5-4-6-10(19)16(9)23-17(13)14/h4-8,19-20H,1-3H3/t8-/m0/s1. The minimum atomic E-state index is -0.394. The van der Waals surface area contributed by atoms with Gasteiger partial charge in [-0.1, -0.05) is 19.9 Å². The molecule has 0 unspecified atom stereocenters. The topological polar surface area (TPSA) is 79.9 Å². The number of aromatic hydroxyl groups is 2. The second-order valence-corrected chi connectivity index (χ2v) is 6.54. The van der Waals surface area contributed by atoms with Crippen molar-refractivity contribution in [3.63, 3.8) is 0 Å². The Labute approximate surface area is 131 Å². The fourth-order valence-corrected chi connectivity index (χ4v) is 3.23. The van der Waals surface area contributed by atoms with Gasteiger partial charge in [0.1, 0.15) is 28.6 Å². The molecular formula is C18H16O5. The van der Waals surface area contributed by atoms with E-state index in [4.69, 9.17) is 9.15 Å². The Morgan fingerprint density at radius 2 is 1.87 bits per heavy atom. The molecule has 2 N–H and O–H groups in total. The van der Waals surface area contributed by atoms with E-state index in [2.05, 4.69) is 0 Å². The highest BCUT2D eigenvalue weighted by atomic mass is 16.5. The average molecular weight is 312 g/mol. The number of hydrogen-bond acceptors (Lipinski definition) is 5. The number of rotatable bonds is 0. The van der Waals surface area contributed by atoms with E-state index < -0.39 is 5.41 Å². The molecule has 2 aromatic carbocycles. The summed E-state index contributed by atoms with van der Waals surface area (Å²) in [5.74, 6) is 0.219. The van der Waals surface area contributed by atoms with Crippen molar-refractivity contribution in [3.8, 4) is 17.2 Å². The molecule has 5 heteroatoms. The molecular weight excluding hydrogens is 296 g/mol. The minimum Gasteiger partial charge on any atom is -0.507 e. The van der Waals surface area contributed by atoms with Crippen LogP contribution in [-0.2, 0) is 5.41 Å². The Morgan fingerprint density at radius 1 is 1.13 bits per heavy atom. The minimum absolute atomic E-state index is 0.108. The van der Waals surface area contributed by atoms with Crippen LogP contribution >= 0.6 is 0 Å². The number of phenols is 2. The molecule has 0 amide bonds. The molecule has 118 valence electrons. The van der Waals surface area contributed by atoms with Gasteiger partial charge in [-0.3, -0.25) is 4.79 Å². The first-order valence-electron chi connectivity index (χ1n) is 7.44. The predicted octanol–water partition coefficient (Wildman–Crippen LogP) is 3.42. The number of fused-ring (bicyclic) bond motifs is 4. The van der Waals surface area contributed by atoms with Crippen molar-refractivity contribution < 1.29 is 19.4 Å². The van der Waals surface area contributed by atoms with Crippen LogP contribution in [0.4, 0.5) is 0 Å². The summed E-state index contributed by atoms with van der Waals surface area (Å²) in [4.78, 5) is 12.8. The van der Waals surface area contributed by atoms with E-state index in [0.717, 1.165) is 5.56 Å². The zero-order valence-electron chi connectivity index (χ0n) is 13.0. The smallest absolute Gasteiger partial charge is 0.204 e. The lowest BCUT2D eigenvalue weighted by Gasteiger charge is -2.22. The molecule has 4 rings (SSSR count). The molecule has 1 aromatic heterocycles. The summed E-state index contributed by atoms with van der Waals surface area (Å²) in [5, 5.41) is 20.7. The average Bonchev–Trinajstić information content (AvgIpc) is 2.70. The lowest BCUT2D eigenvalue weighted by Crippen LogP contribution is -2.29. The van der Waals surface area contributed by atoms with E-state index in [0.29, 0.717) is 5.75 Å². The molecule has 23 heavy (non-hydrogen) atoms. The van der Waals surface area contributed by atoms with Crippen molar-refractivity contribution in [2.45, 2.75) is 32.3 Å². The van der Waals surface area contributed by atoms with Gasteiger partial charge in [0, 0.05) is 17.0 Å². The lowest BCUT2D eigenvalue weighted by atomic mass is 9.81. The van der Waals surface area contributed by atoms with Crippen LogP contribution in [-0.4, -0.2) is 16.3 Å². The number of benzene rings is 2. The van der Waals surface area contributed by atoms with Gasteiger partial charge in [0.2, 0.25) is 5.43 Å². The molecule has 2 heterocycles. The third-order valence-corrected chi connectivity index (χ3v) is 4.86. The van der Waals surface area contributed by atoms with Gasteiger partial charge in [-0.2, -0.15) is 0 Å². The van der Waals surface area contributed by atoms with Crippen LogP contribution < -0.4 is 10.2 Å². The number of phenolic OH excluding ortho intramolecular Hbond substituents is 2. The summed E-state index contributed by atoms with van der Waals surface area (Å²) in [6.07, 6.45) is -0.132. The largest absolute Gasteiger partial charge is 0.507 e. The van der Waals surface area contributed by atoms with Crippen LogP contribution in [0, 0.1) is 0 Å². The molecule has 0 fully saturated rings. The van der Waals surface area contributed by atoms with E-state index in [-0.39, 0.29) is 45.0 Å². The molecule has 1 aliphatic rings. The first kappa shape index (κ1) is 13.9. The fraction of sp³-hybridized carbons (Fsp3) is 0.278. The van der Waals surface area contributed by atoms with Crippen LogP contribution in [0.25, 0.3) is 21.9 Å². The van der Waals surface area contributed by atoms with Crippen LogP contribution in [0.1, 0.15) is 26.3 Å². The Kier molecular flexibility index (Phi) is 2.54. The third-order valence-electron chi connectivity index (χ3n) is 4.86. The van der Waals surface area contributed by atoms with Gasteiger partial charge < -0.3 is 19.4 Å². The predicted molar refractivity (Wildman–Crippen MR) is 86.4 cm³/mol. The maximum atomic E-state index is 12.8. The molecule has 0 spiro atoms. The van der Waals surface area contributed by atoms with Crippen molar-refractivity contribution >= 4 is 21.9 Å².